The van der Waals surface area contributed by atoms with Crippen LogP contribution < -0.4 is 14.8 Å². The molecule has 2 atom stereocenters. The first-order valence-corrected chi connectivity index (χ1v) is 8.73. The van der Waals surface area contributed by atoms with Crippen molar-refractivity contribution < 1.29 is 24.2 Å². The van der Waals surface area contributed by atoms with E-state index < -0.39 is 11.9 Å². The van der Waals surface area contributed by atoms with E-state index in [1.165, 1.54) is 7.11 Å². The predicted molar refractivity (Wildman–Crippen MR) is 94.6 cm³/mol. The van der Waals surface area contributed by atoms with Gasteiger partial charge >= 0.3 is 5.97 Å². The third-order valence-corrected chi connectivity index (χ3v) is 4.45. The van der Waals surface area contributed by atoms with E-state index in [0.717, 1.165) is 0 Å². The van der Waals surface area contributed by atoms with Crippen LogP contribution in [0.25, 0.3) is 0 Å². The Balaban J connectivity index is 2.09. The van der Waals surface area contributed by atoms with Crippen LogP contribution in [-0.2, 0) is 4.79 Å². The SMILES string of the molecule is COc1cc(C(=O)N[C@@H]2CC[C@H](C(=O)O)C2)cc(Cl)c1OCC(C)C. The summed E-state index contributed by atoms with van der Waals surface area (Å²) in [4.78, 5) is 23.5. The third-order valence-electron chi connectivity index (χ3n) is 4.17. The summed E-state index contributed by atoms with van der Waals surface area (Å²) in [6, 6.07) is 2.98. The van der Waals surface area contributed by atoms with Crippen LogP contribution in [0.2, 0.25) is 5.02 Å². The highest BCUT2D eigenvalue weighted by molar-refractivity contribution is 6.32. The monoisotopic (exact) mass is 369 g/mol. The quantitative estimate of drug-likeness (QED) is 0.769. The van der Waals surface area contributed by atoms with Gasteiger partial charge in [-0.15, -0.1) is 0 Å². The summed E-state index contributed by atoms with van der Waals surface area (Å²) < 4.78 is 11.0. The molecule has 1 aromatic carbocycles. The van der Waals surface area contributed by atoms with E-state index in [4.69, 9.17) is 26.2 Å². The van der Waals surface area contributed by atoms with Crippen LogP contribution in [0.1, 0.15) is 43.5 Å². The van der Waals surface area contributed by atoms with Gasteiger partial charge in [0.05, 0.1) is 24.7 Å². The fourth-order valence-corrected chi connectivity index (χ4v) is 3.11. The lowest BCUT2D eigenvalue weighted by molar-refractivity contribution is -0.141. The molecule has 0 bridgehead atoms. The maximum absolute atomic E-state index is 12.5. The first-order chi connectivity index (χ1) is 11.8. The van der Waals surface area contributed by atoms with Crippen LogP contribution in [0.4, 0.5) is 0 Å². The first kappa shape index (κ1) is 19.4. The molecule has 1 aliphatic carbocycles. The van der Waals surface area contributed by atoms with Crippen molar-refractivity contribution in [3.63, 3.8) is 0 Å². The molecule has 7 heteroatoms. The van der Waals surface area contributed by atoms with E-state index >= 15 is 0 Å². The Hall–Kier alpha value is -1.95. The number of aliphatic carboxylic acids is 1. The number of methoxy groups -OCH3 is 1. The number of carbonyl (C=O) groups is 2. The molecule has 1 saturated carbocycles. The van der Waals surface area contributed by atoms with Gasteiger partial charge in [0.2, 0.25) is 0 Å². The van der Waals surface area contributed by atoms with E-state index in [-0.39, 0.29) is 11.9 Å². The summed E-state index contributed by atoms with van der Waals surface area (Å²) in [6.45, 7) is 4.53. The fourth-order valence-electron chi connectivity index (χ4n) is 2.85. The van der Waals surface area contributed by atoms with E-state index in [1.54, 1.807) is 12.1 Å². The van der Waals surface area contributed by atoms with Crippen molar-refractivity contribution in [2.75, 3.05) is 13.7 Å². The fraction of sp³-hybridized carbons (Fsp3) is 0.556. The molecular formula is C18H24ClNO5. The minimum atomic E-state index is -0.812. The average Bonchev–Trinajstić information content (AvgIpc) is 3.01. The Labute approximate surface area is 152 Å². The minimum Gasteiger partial charge on any atom is -0.493 e. The maximum atomic E-state index is 12.5. The first-order valence-electron chi connectivity index (χ1n) is 8.35. The largest absolute Gasteiger partial charge is 0.493 e. The number of rotatable bonds is 7. The number of carbonyl (C=O) groups excluding carboxylic acids is 1. The van der Waals surface area contributed by atoms with Crippen molar-refractivity contribution in [1.29, 1.82) is 0 Å². The van der Waals surface area contributed by atoms with Gasteiger partial charge in [-0.2, -0.15) is 0 Å². The summed E-state index contributed by atoms with van der Waals surface area (Å²) in [5, 5.41) is 12.2. The minimum absolute atomic E-state index is 0.143. The molecule has 1 aliphatic rings. The van der Waals surface area contributed by atoms with Crippen molar-refractivity contribution in [3.8, 4) is 11.5 Å². The number of benzene rings is 1. The number of ether oxygens (including phenoxy) is 2. The molecule has 0 aliphatic heterocycles. The highest BCUT2D eigenvalue weighted by Gasteiger charge is 2.31. The standard InChI is InChI=1S/C18H24ClNO5/c1-10(2)9-25-16-14(19)7-12(8-15(16)24-3)17(21)20-13-5-4-11(6-13)18(22)23/h7-8,10-11,13H,4-6,9H2,1-3H3,(H,20,21)(H,22,23)/t11-,13+/m0/s1. The molecule has 0 aromatic heterocycles. The van der Waals surface area contributed by atoms with Gasteiger partial charge in [0, 0.05) is 11.6 Å². The second-order valence-corrected chi connectivity index (χ2v) is 7.12. The Morgan fingerprint density at radius 1 is 1.36 bits per heavy atom. The molecule has 1 aromatic rings. The molecule has 25 heavy (non-hydrogen) atoms. The molecule has 0 spiro atoms. The maximum Gasteiger partial charge on any atom is 0.306 e. The summed E-state index contributed by atoms with van der Waals surface area (Å²) >= 11 is 6.26. The lowest BCUT2D eigenvalue weighted by atomic mass is 10.1. The van der Waals surface area contributed by atoms with E-state index in [2.05, 4.69) is 5.32 Å². The van der Waals surface area contributed by atoms with E-state index in [1.807, 2.05) is 13.8 Å². The molecule has 6 nitrogen and oxygen atoms in total. The van der Waals surface area contributed by atoms with Crippen LogP contribution in [0, 0.1) is 11.8 Å². The van der Waals surface area contributed by atoms with Gasteiger partial charge in [0.25, 0.3) is 5.91 Å². The van der Waals surface area contributed by atoms with Crippen LogP contribution in [0.3, 0.4) is 0 Å². The number of carboxylic acid groups (broad SMARTS) is 1. The van der Waals surface area contributed by atoms with Gasteiger partial charge in [0.1, 0.15) is 0 Å². The van der Waals surface area contributed by atoms with Crippen molar-refractivity contribution in [2.24, 2.45) is 11.8 Å². The molecule has 2 rings (SSSR count). The van der Waals surface area contributed by atoms with Crippen LogP contribution in [0.15, 0.2) is 12.1 Å². The smallest absolute Gasteiger partial charge is 0.306 e. The Morgan fingerprint density at radius 3 is 2.64 bits per heavy atom. The Bertz CT molecular complexity index is 647. The van der Waals surface area contributed by atoms with Crippen molar-refractivity contribution in [2.45, 2.75) is 39.2 Å². The van der Waals surface area contributed by atoms with Gasteiger partial charge in [-0.05, 0) is 37.3 Å². The third kappa shape index (κ3) is 5.01. The van der Waals surface area contributed by atoms with Crippen LogP contribution in [-0.4, -0.2) is 36.7 Å². The molecule has 0 heterocycles. The van der Waals surface area contributed by atoms with E-state index in [0.29, 0.717) is 53.9 Å². The molecule has 0 unspecified atom stereocenters. The summed E-state index contributed by atoms with van der Waals surface area (Å²) in [6.07, 6.45) is 1.68. The Kier molecular flexibility index (Phi) is 6.53. The number of carboxylic acids is 1. The van der Waals surface area contributed by atoms with Gasteiger partial charge in [-0.3, -0.25) is 9.59 Å². The predicted octanol–water partition coefficient (Wildman–Crippen LogP) is 3.37. The number of nitrogens with one attached hydrogen (secondary N) is 1. The summed E-state index contributed by atoms with van der Waals surface area (Å²) in [5.41, 5.74) is 0.359. The zero-order chi connectivity index (χ0) is 18.6. The zero-order valence-corrected chi connectivity index (χ0v) is 15.4. The zero-order valence-electron chi connectivity index (χ0n) is 14.7. The second kappa shape index (κ2) is 8.43. The molecule has 1 fully saturated rings. The molecular weight excluding hydrogens is 346 g/mol. The van der Waals surface area contributed by atoms with Gasteiger partial charge in [-0.1, -0.05) is 25.4 Å². The molecule has 1 amide bonds. The number of hydrogen-bond acceptors (Lipinski definition) is 4. The average molecular weight is 370 g/mol. The second-order valence-electron chi connectivity index (χ2n) is 6.71. The summed E-state index contributed by atoms with van der Waals surface area (Å²) in [7, 11) is 1.49. The molecule has 2 N–H and O–H groups in total. The lowest BCUT2D eigenvalue weighted by Crippen LogP contribution is -2.33. The normalized spacial score (nSPS) is 19.7. The van der Waals surface area contributed by atoms with Gasteiger partial charge < -0.3 is 19.9 Å². The topological polar surface area (TPSA) is 84.9 Å². The number of halogens is 1. The van der Waals surface area contributed by atoms with Gasteiger partial charge in [-0.25, -0.2) is 0 Å². The lowest BCUT2D eigenvalue weighted by Gasteiger charge is -2.17. The van der Waals surface area contributed by atoms with Crippen molar-refractivity contribution in [3.05, 3.63) is 22.7 Å². The van der Waals surface area contributed by atoms with Crippen molar-refractivity contribution in [1.82, 2.24) is 5.32 Å². The van der Waals surface area contributed by atoms with Crippen LogP contribution >= 0.6 is 11.6 Å². The summed E-state index contributed by atoms with van der Waals surface area (Å²) in [5.74, 6) is -0.363. The van der Waals surface area contributed by atoms with Crippen molar-refractivity contribution >= 4 is 23.5 Å². The molecule has 0 saturated heterocycles. The molecule has 138 valence electrons. The van der Waals surface area contributed by atoms with E-state index in [9.17, 15) is 9.59 Å². The highest BCUT2D eigenvalue weighted by atomic mass is 35.5. The Morgan fingerprint density at radius 2 is 2.08 bits per heavy atom. The van der Waals surface area contributed by atoms with Crippen LogP contribution in [0.5, 0.6) is 11.5 Å². The number of amides is 1. The molecule has 0 radical (unpaired) electrons. The highest BCUT2D eigenvalue weighted by Crippen LogP contribution is 2.37. The number of hydrogen-bond donors (Lipinski definition) is 2. The van der Waals surface area contributed by atoms with Gasteiger partial charge in [0.15, 0.2) is 11.5 Å².